The Bertz CT molecular complexity index is 490. The van der Waals surface area contributed by atoms with Gasteiger partial charge in [-0.25, -0.2) is 0 Å². The standard InChI is InChI=1S/C16H19BO3/c1-2-16-9-8-12(14(17)20-16)13(16)15(18)19-10-11-6-4-3-5-7-11/h3-7,12-14H,2,8-10H2,1H3/t12-,13?,14+,16-/m0/s1. The molecular weight excluding hydrogens is 251 g/mol. The average Bonchev–Trinajstić information content (AvgIpc) is 2.98. The zero-order valence-corrected chi connectivity index (χ0v) is 11.7. The third-order valence-corrected chi connectivity index (χ3v) is 4.76. The predicted octanol–water partition coefficient (Wildman–Crippen LogP) is 2.43. The maximum Gasteiger partial charge on any atom is 0.312 e. The van der Waals surface area contributed by atoms with Gasteiger partial charge in [-0.2, -0.15) is 0 Å². The van der Waals surface area contributed by atoms with Gasteiger partial charge in [0.05, 0.1) is 11.5 Å². The molecule has 1 aliphatic carbocycles. The van der Waals surface area contributed by atoms with Crippen LogP contribution in [0, 0.1) is 11.8 Å². The molecule has 0 aromatic heterocycles. The van der Waals surface area contributed by atoms with Crippen molar-refractivity contribution in [3.8, 4) is 0 Å². The number of ether oxygens (including phenoxy) is 2. The fraction of sp³-hybridized carbons (Fsp3) is 0.562. The van der Waals surface area contributed by atoms with Crippen molar-refractivity contribution in [2.75, 3.05) is 0 Å². The highest BCUT2D eigenvalue weighted by molar-refractivity contribution is 6.11. The maximum absolute atomic E-state index is 12.4. The van der Waals surface area contributed by atoms with Crippen LogP contribution < -0.4 is 0 Å². The molecule has 2 aliphatic rings. The number of esters is 1. The Morgan fingerprint density at radius 3 is 2.85 bits per heavy atom. The van der Waals surface area contributed by atoms with Gasteiger partial charge in [0.15, 0.2) is 0 Å². The second kappa shape index (κ2) is 5.25. The van der Waals surface area contributed by atoms with E-state index in [0.717, 1.165) is 24.8 Å². The number of carbonyl (C=O) groups excluding carboxylic acids is 1. The summed E-state index contributed by atoms with van der Waals surface area (Å²) in [5.74, 6) is -0.254. The highest BCUT2D eigenvalue weighted by Crippen LogP contribution is 2.53. The van der Waals surface area contributed by atoms with Gasteiger partial charge in [0.2, 0.25) is 0 Å². The molecule has 0 N–H and O–H groups in total. The van der Waals surface area contributed by atoms with Gasteiger partial charge in [0, 0.05) is 6.00 Å². The van der Waals surface area contributed by atoms with E-state index in [1.807, 2.05) is 30.3 Å². The maximum atomic E-state index is 12.4. The Kier molecular flexibility index (Phi) is 3.59. The molecule has 4 atom stereocenters. The van der Waals surface area contributed by atoms with Crippen molar-refractivity contribution >= 4 is 13.8 Å². The number of fused-ring (bicyclic) bond motifs is 2. The van der Waals surface area contributed by atoms with Crippen LogP contribution in [0.2, 0.25) is 0 Å². The quantitative estimate of drug-likeness (QED) is 0.622. The molecule has 2 radical (unpaired) electrons. The number of rotatable bonds is 4. The summed E-state index contributed by atoms with van der Waals surface area (Å²) in [5, 5.41) is 0. The van der Waals surface area contributed by atoms with E-state index >= 15 is 0 Å². The van der Waals surface area contributed by atoms with Crippen LogP contribution in [0.3, 0.4) is 0 Å². The molecule has 1 aliphatic heterocycles. The molecule has 1 aromatic carbocycles. The first-order valence-electron chi connectivity index (χ1n) is 7.30. The van der Waals surface area contributed by atoms with Gasteiger partial charge in [-0.1, -0.05) is 37.3 Å². The summed E-state index contributed by atoms with van der Waals surface area (Å²) in [6, 6.07) is 9.41. The van der Waals surface area contributed by atoms with Crippen molar-refractivity contribution in [1.29, 1.82) is 0 Å². The summed E-state index contributed by atoms with van der Waals surface area (Å²) in [7, 11) is 5.99. The minimum absolute atomic E-state index is 0.109. The number of benzene rings is 1. The normalized spacial score (nSPS) is 35.1. The van der Waals surface area contributed by atoms with Crippen molar-refractivity contribution in [3.63, 3.8) is 0 Å². The van der Waals surface area contributed by atoms with Crippen LogP contribution in [0.15, 0.2) is 30.3 Å². The lowest BCUT2D eigenvalue weighted by molar-refractivity contribution is -0.156. The third kappa shape index (κ3) is 2.16. The molecule has 1 heterocycles. The largest absolute Gasteiger partial charge is 0.461 e. The van der Waals surface area contributed by atoms with Crippen molar-refractivity contribution in [2.24, 2.45) is 11.8 Å². The van der Waals surface area contributed by atoms with Crippen LogP contribution in [0.4, 0.5) is 0 Å². The molecule has 0 amide bonds. The second-order valence-electron chi connectivity index (χ2n) is 5.77. The molecule has 1 unspecified atom stereocenters. The monoisotopic (exact) mass is 270 g/mol. The first-order valence-corrected chi connectivity index (χ1v) is 7.30. The summed E-state index contributed by atoms with van der Waals surface area (Å²) in [4.78, 5) is 12.4. The summed E-state index contributed by atoms with van der Waals surface area (Å²) >= 11 is 0. The lowest BCUT2D eigenvalue weighted by Gasteiger charge is -2.30. The van der Waals surface area contributed by atoms with Gasteiger partial charge in [-0.15, -0.1) is 0 Å². The van der Waals surface area contributed by atoms with Crippen LogP contribution in [0.1, 0.15) is 31.7 Å². The van der Waals surface area contributed by atoms with E-state index in [1.165, 1.54) is 0 Å². The van der Waals surface area contributed by atoms with Crippen LogP contribution >= 0.6 is 0 Å². The van der Waals surface area contributed by atoms with E-state index in [1.54, 1.807) is 0 Å². The van der Waals surface area contributed by atoms with E-state index in [0.29, 0.717) is 6.61 Å². The predicted molar refractivity (Wildman–Crippen MR) is 76.1 cm³/mol. The summed E-state index contributed by atoms with van der Waals surface area (Å²) < 4.78 is 11.4. The zero-order chi connectivity index (χ0) is 14.2. The first kappa shape index (κ1) is 13.7. The minimum Gasteiger partial charge on any atom is -0.461 e. The van der Waals surface area contributed by atoms with Gasteiger partial charge >= 0.3 is 5.97 Å². The topological polar surface area (TPSA) is 35.5 Å². The molecule has 1 aromatic rings. The van der Waals surface area contributed by atoms with Crippen molar-refractivity contribution in [3.05, 3.63) is 35.9 Å². The Morgan fingerprint density at radius 2 is 2.20 bits per heavy atom. The van der Waals surface area contributed by atoms with E-state index in [9.17, 15) is 4.79 Å². The number of hydrogen-bond donors (Lipinski definition) is 0. The summed E-state index contributed by atoms with van der Waals surface area (Å²) in [6.07, 6.45) is 2.68. The third-order valence-electron chi connectivity index (χ3n) is 4.76. The molecular formula is C16H19BO3. The van der Waals surface area contributed by atoms with Crippen molar-refractivity contribution in [1.82, 2.24) is 0 Å². The lowest BCUT2D eigenvalue weighted by atomic mass is 9.80. The molecule has 3 nitrogen and oxygen atoms in total. The second-order valence-corrected chi connectivity index (χ2v) is 5.77. The molecule has 0 spiro atoms. The molecule has 4 heteroatoms. The Balaban J connectivity index is 1.68. The molecule has 20 heavy (non-hydrogen) atoms. The molecule has 2 fully saturated rings. The highest BCUT2D eigenvalue weighted by Gasteiger charge is 2.60. The van der Waals surface area contributed by atoms with Gasteiger partial charge in [0.25, 0.3) is 0 Å². The molecule has 1 saturated carbocycles. The average molecular weight is 270 g/mol. The first-order chi connectivity index (χ1) is 9.66. The van der Waals surface area contributed by atoms with Crippen molar-refractivity contribution in [2.45, 2.75) is 44.4 Å². The summed E-state index contributed by atoms with van der Waals surface area (Å²) in [5.41, 5.74) is 0.611. The zero-order valence-electron chi connectivity index (χ0n) is 11.7. The Morgan fingerprint density at radius 1 is 1.45 bits per heavy atom. The Labute approximate surface area is 121 Å². The van der Waals surface area contributed by atoms with Gasteiger partial charge in [-0.05, 0) is 30.7 Å². The lowest BCUT2D eigenvalue weighted by Crippen LogP contribution is -2.37. The fourth-order valence-corrected chi connectivity index (χ4v) is 3.66. The number of carbonyl (C=O) groups is 1. The van der Waals surface area contributed by atoms with Gasteiger partial charge < -0.3 is 9.47 Å². The smallest absolute Gasteiger partial charge is 0.312 e. The van der Waals surface area contributed by atoms with Crippen molar-refractivity contribution < 1.29 is 14.3 Å². The van der Waals surface area contributed by atoms with Crippen LogP contribution in [0.5, 0.6) is 0 Å². The van der Waals surface area contributed by atoms with Crippen LogP contribution in [0.25, 0.3) is 0 Å². The van der Waals surface area contributed by atoms with E-state index in [-0.39, 0.29) is 23.8 Å². The van der Waals surface area contributed by atoms with E-state index < -0.39 is 5.60 Å². The highest BCUT2D eigenvalue weighted by atomic mass is 16.5. The van der Waals surface area contributed by atoms with Crippen LogP contribution in [-0.4, -0.2) is 25.4 Å². The van der Waals surface area contributed by atoms with E-state index in [2.05, 4.69) is 6.92 Å². The Hall–Kier alpha value is -1.29. The molecule has 104 valence electrons. The van der Waals surface area contributed by atoms with Gasteiger partial charge in [-0.3, -0.25) is 4.79 Å². The molecule has 1 saturated heterocycles. The SMILES string of the molecule is [B][C@@H]1O[C@@]2(CC)CC[C@H]1C2C(=O)OCc1ccccc1. The molecule has 3 rings (SSSR count). The molecule has 2 bridgehead atoms. The fourth-order valence-electron chi connectivity index (χ4n) is 3.66. The number of hydrogen-bond acceptors (Lipinski definition) is 3. The van der Waals surface area contributed by atoms with E-state index in [4.69, 9.17) is 17.3 Å². The van der Waals surface area contributed by atoms with Gasteiger partial charge in [0.1, 0.15) is 14.5 Å². The summed E-state index contributed by atoms with van der Waals surface area (Å²) in [6.45, 7) is 2.37. The van der Waals surface area contributed by atoms with Crippen LogP contribution in [-0.2, 0) is 20.9 Å². The minimum atomic E-state index is -0.391.